The number of phenols is 1. The molecule has 9 nitrogen and oxygen atoms in total. The van der Waals surface area contributed by atoms with Gasteiger partial charge in [0.05, 0.1) is 23.6 Å². The number of carbonyl (C=O) groups is 1. The first kappa shape index (κ1) is 22.0. The summed E-state index contributed by atoms with van der Waals surface area (Å²) in [6.07, 6.45) is 0. The number of nitrogens with zero attached hydrogens (tertiary/aromatic N) is 1. The molecule has 0 bridgehead atoms. The summed E-state index contributed by atoms with van der Waals surface area (Å²) in [4.78, 5) is 23.9. The highest BCUT2D eigenvalue weighted by Crippen LogP contribution is 2.35. The molecule has 4 N–H and O–H groups in total. The minimum absolute atomic E-state index is 0.0292. The Morgan fingerprint density at radius 1 is 1.29 bits per heavy atom. The molecule has 31 heavy (non-hydrogen) atoms. The van der Waals surface area contributed by atoms with Crippen molar-refractivity contribution in [1.29, 1.82) is 0 Å². The Labute approximate surface area is 184 Å². The molecule has 1 atom stereocenters. The third-order valence-electron chi connectivity index (χ3n) is 4.78. The van der Waals surface area contributed by atoms with Crippen molar-refractivity contribution < 1.29 is 19.6 Å². The van der Waals surface area contributed by atoms with E-state index in [1.165, 1.54) is 31.4 Å². The van der Waals surface area contributed by atoms with Crippen LogP contribution in [0.4, 0.5) is 11.4 Å². The van der Waals surface area contributed by atoms with Crippen LogP contribution in [-0.4, -0.2) is 28.2 Å². The van der Waals surface area contributed by atoms with E-state index >= 15 is 0 Å². The molecule has 1 heterocycles. The number of carbonyl (C=O) groups excluding carboxylic acids is 1. The largest absolute Gasteiger partial charge is 0.504 e. The highest BCUT2D eigenvalue weighted by atomic mass is 32.1. The molecular weight excluding hydrogens is 420 g/mol. The topological polar surface area (TPSA) is 126 Å². The highest BCUT2D eigenvalue weighted by Gasteiger charge is 2.33. The second kappa shape index (κ2) is 9.00. The van der Waals surface area contributed by atoms with Crippen LogP contribution in [0.2, 0.25) is 0 Å². The van der Waals surface area contributed by atoms with Crippen molar-refractivity contribution in [2.75, 3.05) is 12.4 Å². The predicted octanol–water partition coefficient (Wildman–Crippen LogP) is 3.38. The average Bonchev–Trinajstić information content (AvgIpc) is 2.73. The number of nitro groups is 1. The summed E-state index contributed by atoms with van der Waals surface area (Å²) in [6.45, 7) is 3.84. The molecule has 162 valence electrons. The van der Waals surface area contributed by atoms with E-state index in [1.807, 2.05) is 13.8 Å². The molecule has 1 aliphatic rings. The molecule has 0 radical (unpaired) electrons. The van der Waals surface area contributed by atoms with Gasteiger partial charge in [0, 0.05) is 23.5 Å². The van der Waals surface area contributed by atoms with Gasteiger partial charge in [-0.2, -0.15) is 0 Å². The lowest BCUT2D eigenvalue weighted by Crippen LogP contribution is -2.47. The first-order chi connectivity index (χ1) is 14.7. The molecule has 0 aromatic heterocycles. The number of ether oxygens (including phenoxy) is 1. The minimum Gasteiger partial charge on any atom is -0.504 e. The smallest absolute Gasteiger partial charge is 0.271 e. The average molecular weight is 442 g/mol. The second-order valence-electron chi connectivity index (χ2n) is 7.21. The summed E-state index contributed by atoms with van der Waals surface area (Å²) in [5, 5.41) is 30.2. The molecule has 0 saturated heterocycles. The van der Waals surface area contributed by atoms with E-state index in [1.54, 1.807) is 18.2 Å². The molecule has 2 aromatic carbocycles. The Bertz CT molecular complexity index is 1080. The van der Waals surface area contributed by atoms with Gasteiger partial charge in [-0.1, -0.05) is 26.0 Å². The number of hydrogen-bond acceptors (Lipinski definition) is 6. The van der Waals surface area contributed by atoms with Crippen LogP contribution >= 0.6 is 12.2 Å². The Morgan fingerprint density at radius 3 is 2.68 bits per heavy atom. The Kier molecular flexibility index (Phi) is 6.40. The van der Waals surface area contributed by atoms with Gasteiger partial charge in [0.15, 0.2) is 16.6 Å². The number of nitrogens with one attached hydrogen (secondary N) is 3. The van der Waals surface area contributed by atoms with Gasteiger partial charge in [0.1, 0.15) is 0 Å². The Morgan fingerprint density at radius 2 is 2.03 bits per heavy atom. The van der Waals surface area contributed by atoms with E-state index in [0.29, 0.717) is 27.6 Å². The number of nitro benzene ring substituents is 1. The zero-order valence-corrected chi connectivity index (χ0v) is 17.9. The van der Waals surface area contributed by atoms with Crippen LogP contribution in [0.5, 0.6) is 11.5 Å². The zero-order valence-electron chi connectivity index (χ0n) is 17.1. The second-order valence-corrected chi connectivity index (χ2v) is 7.61. The third-order valence-corrected chi connectivity index (χ3v) is 5.00. The number of methoxy groups -OCH3 is 1. The molecule has 2 aromatic rings. The van der Waals surface area contributed by atoms with Crippen molar-refractivity contribution in [2.45, 2.75) is 19.9 Å². The van der Waals surface area contributed by atoms with Crippen LogP contribution in [0.3, 0.4) is 0 Å². The van der Waals surface area contributed by atoms with Crippen molar-refractivity contribution in [2.24, 2.45) is 5.92 Å². The van der Waals surface area contributed by atoms with Crippen LogP contribution in [0.15, 0.2) is 53.7 Å². The molecule has 0 aliphatic carbocycles. The molecule has 0 fully saturated rings. The van der Waals surface area contributed by atoms with Gasteiger partial charge in [-0.3, -0.25) is 14.9 Å². The summed E-state index contributed by atoms with van der Waals surface area (Å²) >= 11 is 5.34. The number of benzene rings is 2. The van der Waals surface area contributed by atoms with Gasteiger partial charge in [0.25, 0.3) is 11.6 Å². The maximum atomic E-state index is 13.3. The van der Waals surface area contributed by atoms with Crippen molar-refractivity contribution in [1.82, 2.24) is 10.6 Å². The van der Waals surface area contributed by atoms with Crippen LogP contribution in [0.25, 0.3) is 0 Å². The number of phenolic OH excluding ortho intramolecular Hbond substituents is 1. The number of non-ortho nitro benzene ring substituents is 1. The molecule has 1 unspecified atom stereocenters. The van der Waals surface area contributed by atoms with E-state index < -0.39 is 16.9 Å². The number of aromatic hydroxyl groups is 1. The maximum absolute atomic E-state index is 13.3. The Balaban J connectivity index is 2.05. The summed E-state index contributed by atoms with van der Waals surface area (Å²) < 4.78 is 5.20. The fraction of sp³-hybridized carbons (Fsp3) is 0.238. The van der Waals surface area contributed by atoms with Crippen molar-refractivity contribution in [3.8, 4) is 11.5 Å². The van der Waals surface area contributed by atoms with Gasteiger partial charge in [-0.15, -0.1) is 0 Å². The molecule has 10 heteroatoms. The van der Waals surface area contributed by atoms with E-state index in [4.69, 9.17) is 17.0 Å². The summed E-state index contributed by atoms with van der Waals surface area (Å²) in [7, 11) is 1.44. The first-order valence-electron chi connectivity index (χ1n) is 9.45. The Hall–Kier alpha value is -3.66. The predicted molar refractivity (Wildman–Crippen MR) is 120 cm³/mol. The normalized spacial score (nSPS) is 15.9. The van der Waals surface area contributed by atoms with Crippen molar-refractivity contribution >= 4 is 34.6 Å². The quantitative estimate of drug-likeness (QED) is 0.305. The molecular formula is C21H22N4O5S. The maximum Gasteiger partial charge on any atom is 0.271 e. The molecule has 1 amide bonds. The summed E-state index contributed by atoms with van der Waals surface area (Å²) in [5.74, 6) is -0.275. The van der Waals surface area contributed by atoms with Crippen LogP contribution in [0.1, 0.15) is 25.5 Å². The van der Waals surface area contributed by atoms with Crippen LogP contribution in [-0.2, 0) is 4.79 Å². The fourth-order valence-corrected chi connectivity index (χ4v) is 3.54. The SMILES string of the molecule is COc1cc(C2NC(=S)NC(C(C)C)=C2C(=O)Nc2cccc([N+](=O)[O-])c2)ccc1O. The summed E-state index contributed by atoms with van der Waals surface area (Å²) in [5.41, 5.74) is 1.83. The standard InChI is InChI=1S/C21H22N4O5S/c1-11(2)18-17(20(27)22-13-5-4-6-14(10-13)25(28)29)19(24-21(31)23-18)12-7-8-15(26)16(9-12)30-3/h4-11,19,26H,1-3H3,(H,22,27)(H2,23,24,31). The lowest BCUT2D eigenvalue weighted by molar-refractivity contribution is -0.384. The van der Waals surface area contributed by atoms with Gasteiger partial charge < -0.3 is 25.8 Å². The van der Waals surface area contributed by atoms with Crippen molar-refractivity contribution in [3.63, 3.8) is 0 Å². The van der Waals surface area contributed by atoms with E-state index in [2.05, 4.69) is 16.0 Å². The molecule has 1 aliphatic heterocycles. The van der Waals surface area contributed by atoms with Crippen LogP contribution in [0, 0.1) is 16.0 Å². The fourth-order valence-electron chi connectivity index (χ4n) is 3.31. The highest BCUT2D eigenvalue weighted by molar-refractivity contribution is 7.80. The number of rotatable bonds is 6. The third kappa shape index (κ3) is 4.75. The van der Waals surface area contributed by atoms with Gasteiger partial charge in [-0.05, 0) is 41.9 Å². The van der Waals surface area contributed by atoms with Gasteiger partial charge >= 0.3 is 0 Å². The number of thiocarbonyl (C=S) groups is 1. The van der Waals surface area contributed by atoms with E-state index in [9.17, 15) is 20.0 Å². The summed E-state index contributed by atoms with van der Waals surface area (Å²) in [6, 6.07) is 9.86. The molecule has 0 spiro atoms. The lowest BCUT2D eigenvalue weighted by atomic mass is 9.90. The minimum atomic E-state index is -0.626. The molecule has 3 rings (SSSR count). The monoisotopic (exact) mass is 442 g/mol. The van der Waals surface area contributed by atoms with Gasteiger partial charge in [-0.25, -0.2) is 0 Å². The molecule has 0 saturated carbocycles. The first-order valence-corrected chi connectivity index (χ1v) is 9.86. The van der Waals surface area contributed by atoms with Crippen molar-refractivity contribution in [3.05, 3.63) is 69.4 Å². The number of anilines is 1. The zero-order chi connectivity index (χ0) is 22.7. The lowest BCUT2D eigenvalue weighted by Gasteiger charge is -2.33. The van der Waals surface area contributed by atoms with E-state index in [0.717, 1.165) is 0 Å². The number of allylic oxidation sites excluding steroid dienone is 1. The number of amides is 1. The van der Waals surface area contributed by atoms with E-state index in [-0.39, 0.29) is 23.1 Å². The van der Waals surface area contributed by atoms with Crippen LogP contribution < -0.4 is 20.7 Å². The van der Waals surface area contributed by atoms with Gasteiger partial charge in [0.2, 0.25) is 0 Å². The number of hydrogen-bond donors (Lipinski definition) is 4.